The summed E-state index contributed by atoms with van der Waals surface area (Å²) in [4.78, 5) is 51.5. The lowest BCUT2D eigenvalue weighted by Crippen LogP contribution is -2.39. The first-order valence-corrected chi connectivity index (χ1v) is 12.5. The molecule has 0 bridgehead atoms. The highest BCUT2D eigenvalue weighted by molar-refractivity contribution is 6.20. The maximum atomic E-state index is 13.3. The summed E-state index contributed by atoms with van der Waals surface area (Å²) in [6.07, 6.45) is -1.46. The molecule has 0 aliphatic carbocycles. The van der Waals surface area contributed by atoms with E-state index < -0.39 is 40.5 Å². The SMILES string of the molecule is CC.COCCOC(=O)C1=C(C)N(C(=O)OC(C)Cl)C(C)=C(C(=O)OC(C)C)C1c1cccc([N+](=O)[O-])c1. The monoisotopic (exact) mass is 554 g/mol. The molecule has 0 N–H and O–H groups in total. The van der Waals surface area contributed by atoms with Gasteiger partial charge in [-0.25, -0.2) is 14.4 Å². The number of rotatable bonds is 9. The number of methoxy groups -OCH3 is 1. The predicted octanol–water partition coefficient (Wildman–Crippen LogP) is 5.43. The average molecular weight is 555 g/mol. The van der Waals surface area contributed by atoms with Gasteiger partial charge in [-0.1, -0.05) is 37.6 Å². The minimum Gasteiger partial charge on any atom is -0.460 e. The maximum Gasteiger partial charge on any atom is 0.419 e. The first-order chi connectivity index (χ1) is 17.9. The molecule has 210 valence electrons. The fourth-order valence-electron chi connectivity index (χ4n) is 3.78. The number of halogens is 1. The predicted molar refractivity (Wildman–Crippen MR) is 140 cm³/mol. The van der Waals surface area contributed by atoms with Gasteiger partial charge in [0.15, 0.2) is 5.56 Å². The number of hydrogen-bond donors (Lipinski definition) is 0. The highest BCUT2D eigenvalue weighted by atomic mass is 35.5. The van der Waals surface area contributed by atoms with Crippen molar-refractivity contribution in [1.29, 1.82) is 0 Å². The van der Waals surface area contributed by atoms with E-state index in [0.717, 1.165) is 4.90 Å². The van der Waals surface area contributed by atoms with Crippen molar-refractivity contribution in [3.05, 3.63) is 62.5 Å². The number of alkyl halides is 1. The number of ether oxygens (including phenoxy) is 4. The van der Waals surface area contributed by atoms with Crippen LogP contribution in [0.25, 0.3) is 0 Å². The third-order valence-corrected chi connectivity index (χ3v) is 5.28. The molecule has 12 heteroatoms. The summed E-state index contributed by atoms with van der Waals surface area (Å²) in [6, 6.07) is 5.52. The molecule has 0 fully saturated rings. The molecule has 2 rings (SSSR count). The summed E-state index contributed by atoms with van der Waals surface area (Å²) in [5.41, 5.74) is -0.934. The van der Waals surface area contributed by atoms with Crippen LogP contribution >= 0.6 is 11.6 Å². The zero-order valence-electron chi connectivity index (χ0n) is 22.9. The molecular weight excluding hydrogens is 520 g/mol. The number of hydrogen-bond acceptors (Lipinski definition) is 9. The first-order valence-electron chi connectivity index (χ1n) is 12.1. The minimum absolute atomic E-state index is 0.0762. The Kier molecular flexibility index (Phi) is 12.9. The molecule has 11 nitrogen and oxygen atoms in total. The average Bonchev–Trinajstić information content (AvgIpc) is 2.84. The van der Waals surface area contributed by atoms with Gasteiger partial charge >= 0.3 is 18.0 Å². The molecule has 2 unspecified atom stereocenters. The van der Waals surface area contributed by atoms with Crippen molar-refractivity contribution >= 4 is 35.3 Å². The van der Waals surface area contributed by atoms with Crippen LogP contribution in [0.1, 0.15) is 59.9 Å². The molecule has 1 aliphatic rings. The summed E-state index contributed by atoms with van der Waals surface area (Å²) in [6.45, 7) is 11.7. The zero-order valence-corrected chi connectivity index (χ0v) is 23.7. The van der Waals surface area contributed by atoms with Crippen molar-refractivity contribution in [3.63, 3.8) is 0 Å². The van der Waals surface area contributed by atoms with E-state index in [0.29, 0.717) is 0 Å². The highest BCUT2D eigenvalue weighted by Crippen LogP contribution is 2.44. The fraction of sp³-hybridized carbons (Fsp3) is 0.500. The number of esters is 2. The van der Waals surface area contributed by atoms with Gasteiger partial charge in [-0.2, -0.15) is 0 Å². The molecule has 1 heterocycles. The number of benzene rings is 1. The van der Waals surface area contributed by atoms with Crippen LogP contribution in [0.5, 0.6) is 0 Å². The van der Waals surface area contributed by atoms with Gasteiger partial charge in [0.05, 0.1) is 34.7 Å². The number of nitro groups is 1. The van der Waals surface area contributed by atoms with Crippen LogP contribution in [-0.2, 0) is 28.5 Å². The van der Waals surface area contributed by atoms with E-state index in [1.807, 2.05) is 13.8 Å². The van der Waals surface area contributed by atoms with Gasteiger partial charge in [0.25, 0.3) is 5.69 Å². The Morgan fingerprint density at radius 1 is 1.03 bits per heavy atom. The van der Waals surface area contributed by atoms with Crippen molar-refractivity contribution in [2.75, 3.05) is 20.3 Å². The van der Waals surface area contributed by atoms with Crippen molar-refractivity contribution in [2.45, 2.75) is 66.1 Å². The Balaban J connectivity index is 0.00000352. The van der Waals surface area contributed by atoms with Crippen LogP contribution in [0, 0.1) is 10.1 Å². The molecule has 0 spiro atoms. The van der Waals surface area contributed by atoms with Crippen molar-refractivity contribution in [3.8, 4) is 0 Å². The number of nitro benzene ring substituents is 1. The molecule has 0 saturated carbocycles. The van der Waals surface area contributed by atoms with Crippen LogP contribution in [0.3, 0.4) is 0 Å². The van der Waals surface area contributed by atoms with Crippen LogP contribution < -0.4 is 0 Å². The van der Waals surface area contributed by atoms with E-state index in [1.165, 1.54) is 52.1 Å². The molecule has 2 atom stereocenters. The summed E-state index contributed by atoms with van der Waals surface area (Å²) in [7, 11) is 1.43. The van der Waals surface area contributed by atoms with Gasteiger partial charge < -0.3 is 18.9 Å². The Morgan fingerprint density at radius 3 is 2.11 bits per heavy atom. The lowest BCUT2D eigenvalue weighted by Gasteiger charge is -2.36. The van der Waals surface area contributed by atoms with Crippen molar-refractivity contribution < 1.29 is 38.3 Å². The molecule has 1 aromatic rings. The van der Waals surface area contributed by atoms with Crippen LogP contribution in [0.4, 0.5) is 10.5 Å². The van der Waals surface area contributed by atoms with E-state index in [9.17, 15) is 24.5 Å². The summed E-state index contributed by atoms with van der Waals surface area (Å²) in [5.74, 6) is -2.80. The molecule has 1 aromatic carbocycles. The lowest BCUT2D eigenvalue weighted by atomic mass is 9.79. The number of carbonyl (C=O) groups excluding carboxylic acids is 3. The van der Waals surface area contributed by atoms with Gasteiger partial charge in [-0.3, -0.25) is 15.0 Å². The first kappa shape index (κ1) is 32.6. The molecule has 0 saturated heterocycles. The van der Waals surface area contributed by atoms with Crippen LogP contribution in [-0.4, -0.2) is 59.8 Å². The third kappa shape index (κ3) is 8.03. The van der Waals surface area contributed by atoms with Crippen LogP contribution in [0.2, 0.25) is 0 Å². The Hall–Kier alpha value is -3.44. The molecule has 1 aliphatic heterocycles. The Bertz CT molecular complexity index is 1100. The van der Waals surface area contributed by atoms with Gasteiger partial charge in [0.2, 0.25) is 0 Å². The van der Waals surface area contributed by atoms with Gasteiger partial charge in [-0.15, -0.1) is 0 Å². The number of non-ortho nitro benzene ring substituents is 1. The quantitative estimate of drug-likeness (QED) is 0.0977. The molecule has 0 aromatic heterocycles. The normalized spacial score (nSPS) is 15.9. The van der Waals surface area contributed by atoms with E-state index in [4.69, 9.17) is 30.5 Å². The minimum atomic E-state index is -1.14. The van der Waals surface area contributed by atoms with Crippen molar-refractivity contribution in [1.82, 2.24) is 4.90 Å². The summed E-state index contributed by atoms with van der Waals surface area (Å²) in [5, 5.41) is 11.5. The molecular formula is C26H35ClN2O9. The Morgan fingerprint density at radius 2 is 1.61 bits per heavy atom. The standard InChI is InChI=1S/C24H29ClN2O9.C2H6/c1-13(2)35-23(29)20-15(4)26(24(30)36-16(5)25)14(3)19(22(28)34-11-10-33-6)21(20)17-8-7-9-18(12-17)27(31)32;1-2/h7-9,12-13,16,21H,10-11H2,1-6H3;1-2H3. The van der Waals surface area contributed by atoms with E-state index in [2.05, 4.69) is 0 Å². The largest absolute Gasteiger partial charge is 0.460 e. The van der Waals surface area contributed by atoms with E-state index >= 15 is 0 Å². The lowest BCUT2D eigenvalue weighted by molar-refractivity contribution is -0.384. The number of amides is 1. The molecule has 38 heavy (non-hydrogen) atoms. The number of carbonyl (C=O) groups is 3. The maximum absolute atomic E-state index is 13.3. The topological polar surface area (TPSA) is 135 Å². The molecule has 1 amide bonds. The third-order valence-electron chi connectivity index (χ3n) is 5.19. The molecule has 0 radical (unpaired) electrons. The highest BCUT2D eigenvalue weighted by Gasteiger charge is 2.43. The second-order valence-electron chi connectivity index (χ2n) is 8.13. The summed E-state index contributed by atoms with van der Waals surface area (Å²) >= 11 is 5.85. The fourth-order valence-corrected chi connectivity index (χ4v) is 3.85. The number of allylic oxidation sites excluding steroid dienone is 2. The zero-order chi connectivity index (χ0) is 29.2. The van der Waals surface area contributed by atoms with E-state index in [-0.39, 0.29) is 47.0 Å². The van der Waals surface area contributed by atoms with Crippen molar-refractivity contribution in [2.24, 2.45) is 0 Å². The van der Waals surface area contributed by atoms with Crippen LogP contribution in [0.15, 0.2) is 46.8 Å². The second kappa shape index (κ2) is 15.1. The second-order valence-corrected chi connectivity index (χ2v) is 8.74. The summed E-state index contributed by atoms with van der Waals surface area (Å²) < 4.78 is 20.8. The van der Waals surface area contributed by atoms with Gasteiger partial charge in [-0.05, 0) is 40.2 Å². The van der Waals surface area contributed by atoms with Gasteiger partial charge in [0.1, 0.15) is 6.61 Å². The number of nitrogens with zero attached hydrogens (tertiary/aromatic N) is 2. The smallest absolute Gasteiger partial charge is 0.419 e. The van der Waals surface area contributed by atoms with E-state index in [1.54, 1.807) is 13.8 Å². The van der Waals surface area contributed by atoms with Gasteiger partial charge in [0, 0.05) is 30.6 Å². The Labute approximate surface area is 227 Å².